The van der Waals surface area contributed by atoms with Gasteiger partial charge in [0.1, 0.15) is 5.82 Å². The van der Waals surface area contributed by atoms with Gasteiger partial charge < -0.3 is 5.32 Å². The van der Waals surface area contributed by atoms with Gasteiger partial charge in [0.05, 0.1) is 0 Å². The molecule has 1 N–H and O–H groups in total. The minimum atomic E-state index is -0.249. The van der Waals surface area contributed by atoms with Gasteiger partial charge in [-0.05, 0) is 30.3 Å². The molecule has 14 heavy (non-hydrogen) atoms. The van der Waals surface area contributed by atoms with Crippen molar-refractivity contribution in [1.29, 1.82) is 0 Å². The van der Waals surface area contributed by atoms with Crippen molar-refractivity contribution >= 4 is 23.4 Å². The molecule has 1 aliphatic heterocycles. The minimum Gasteiger partial charge on any atom is -0.312 e. The average Bonchev–Trinajstić information content (AvgIpc) is 2.17. The van der Waals surface area contributed by atoms with Crippen LogP contribution in [0.1, 0.15) is 17.2 Å². The van der Waals surface area contributed by atoms with Crippen LogP contribution in [0.15, 0.2) is 12.1 Å². The van der Waals surface area contributed by atoms with E-state index in [0.717, 1.165) is 22.6 Å². The minimum absolute atomic E-state index is 0.219. The number of hydrogen-bond acceptors (Lipinski definition) is 2. The molecule has 0 spiro atoms. The first kappa shape index (κ1) is 10.3. The predicted octanol–water partition coefficient (Wildman–Crippen LogP) is 2.99. The van der Waals surface area contributed by atoms with Crippen LogP contribution in [0.3, 0.4) is 0 Å². The summed E-state index contributed by atoms with van der Waals surface area (Å²) in [6.45, 7) is 0. The van der Waals surface area contributed by atoms with Crippen molar-refractivity contribution in [3.05, 3.63) is 34.1 Å². The first-order valence-corrected chi connectivity index (χ1v) is 5.98. The molecule has 1 unspecified atom stereocenters. The zero-order chi connectivity index (χ0) is 10.1. The van der Waals surface area contributed by atoms with Crippen LogP contribution in [0, 0.1) is 5.82 Å². The second-order valence-electron chi connectivity index (χ2n) is 3.31. The summed E-state index contributed by atoms with van der Waals surface area (Å²) in [6, 6.07) is 3.19. The highest BCUT2D eigenvalue weighted by atomic mass is 35.5. The van der Waals surface area contributed by atoms with Gasteiger partial charge in [-0.3, -0.25) is 0 Å². The van der Waals surface area contributed by atoms with Gasteiger partial charge in [-0.1, -0.05) is 11.6 Å². The van der Waals surface area contributed by atoms with Crippen molar-refractivity contribution < 1.29 is 4.39 Å². The lowest BCUT2D eigenvalue weighted by atomic mass is 10.0. The van der Waals surface area contributed by atoms with E-state index in [2.05, 4.69) is 5.32 Å². The molecule has 76 valence electrons. The number of halogens is 2. The normalized spacial score (nSPS) is 20.6. The number of nitrogens with one attached hydrogen (secondary N) is 1. The largest absolute Gasteiger partial charge is 0.312 e. The fourth-order valence-corrected chi connectivity index (χ4v) is 3.28. The Bertz CT molecular complexity index is 356. The summed E-state index contributed by atoms with van der Waals surface area (Å²) in [5, 5.41) is 3.72. The van der Waals surface area contributed by atoms with Gasteiger partial charge in [0.15, 0.2) is 0 Å². The van der Waals surface area contributed by atoms with Crippen molar-refractivity contribution in [1.82, 2.24) is 5.32 Å². The van der Waals surface area contributed by atoms with Gasteiger partial charge in [0, 0.05) is 22.6 Å². The van der Waals surface area contributed by atoms with Crippen molar-refractivity contribution in [3.63, 3.8) is 0 Å². The van der Waals surface area contributed by atoms with Crippen molar-refractivity contribution in [2.45, 2.75) is 11.8 Å². The van der Waals surface area contributed by atoms with E-state index in [9.17, 15) is 4.39 Å². The van der Waals surface area contributed by atoms with Crippen LogP contribution in [0.4, 0.5) is 4.39 Å². The van der Waals surface area contributed by atoms with E-state index in [0.29, 0.717) is 5.02 Å². The van der Waals surface area contributed by atoms with Gasteiger partial charge in [-0.15, -0.1) is 0 Å². The van der Waals surface area contributed by atoms with E-state index in [1.54, 1.807) is 6.07 Å². The summed E-state index contributed by atoms with van der Waals surface area (Å²) in [4.78, 5) is 0. The first-order chi connectivity index (χ1) is 6.72. The molecule has 0 amide bonds. The Hall–Kier alpha value is -0.250. The molecule has 0 bridgehead atoms. The third kappa shape index (κ3) is 1.76. The Balaban J connectivity index is 2.51. The zero-order valence-corrected chi connectivity index (χ0v) is 9.38. The maximum absolute atomic E-state index is 13.1. The molecular formula is C10H11ClFNS. The van der Waals surface area contributed by atoms with Gasteiger partial charge in [-0.2, -0.15) is 11.8 Å². The maximum Gasteiger partial charge on any atom is 0.125 e. The third-order valence-electron chi connectivity index (χ3n) is 2.45. The molecule has 1 nitrogen and oxygen atoms in total. The molecular weight excluding hydrogens is 221 g/mol. The summed E-state index contributed by atoms with van der Waals surface area (Å²) >= 11 is 7.81. The van der Waals surface area contributed by atoms with Gasteiger partial charge in [-0.25, -0.2) is 4.39 Å². The summed E-state index contributed by atoms with van der Waals surface area (Å²) in [5.41, 5.74) is 2.08. The van der Waals surface area contributed by atoms with Gasteiger partial charge in [0.2, 0.25) is 0 Å². The number of rotatable bonds is 1. The molecule has 1 aliphatic rings. The summed E-state index contributed by atoms with van der Waals surface area (Å²) < 4.78 is 13.1. The van der Waals surface area contributed by atoms with Crippen molar-refractivity contribution in [2.75, 3.05) is 12.8 Å². The average molecular weight is 232 g/mol. The molecule has 2 rings (SSSR count). The monoisotopic (exact) mass is 231 g/mol. The highest BCUT2D eigenvalue weighted by Crippen LogP contribution is 2.36. The van der Waals surface area contributed by atoms with E-state index in [1.807, 2.05) is 18.8 Å². The van der Waals surface area contributed by atoms with Crippen LogP contribution < -0.4 is 5.32 Å². The molecule has 1 heterocycles. The molecule has 0 radical (unpaired) electrons. The molecule has 1 atom stereocenters. The highest BCUT2D eigenvalue weighted by molar-refractivity contribution is 7.98. The third-order valence-corrected chi connectivity index (χ3v) is 3.85. The van der Waals surface area contributed by atoms with Gasteiger partial charge in [0.25, 0.3) is 0 Å². The molecule has 0 fully saturated rings. The predicted molar refractivity (Wildman–Crippen MR) is 59.4 cm³/mol. The van der Waals surface area contributed by atoms with E-state index < -0.39 is 0 Å². The number of hydrogen-bond donors (Lipinski definition) is 1. The van der Waals surface area contributed by atoms with E-state index in [-0.39, 0.29) is 11.9 Å². The Kier molecular flexibility index (Phi) is 3.00. The standard InChI is InChI=1S/C10H11ClFNS/c1-13-10-5-14-4-8-7(10)2-6(12)3-9(8)11/h2-3,10,13H,4-5H2,1H3. The van der Waals surface area contributed by atoms with E-state index >= 15 is 0 Å². The fourth-order valence-electron chi connectivity index (χ4n) is 1.69. The smallest absolute Gasteiger partial charge is 0.125 e. The second kappa shape index (κ2) is 4.09. The zero-order valence-electron chi connectivity index (χ0n) is 7.81. The quantitative estimate of drug-likeness (QED) is 0.798. The van der Waals surface area contributed by atoms with E-state index in [4.69, 9.17) is 11.6 Å². The molecule has 0 saturated carbocycles. The molecule has 0 saturated heterocycles. The number of benzene rings is 1. The van der Waals surface area contributed by atoms with Crippen LogP contribution in [0.25, 0.3) is 0 Å². The molecule has 1 aromatic carbocycles. The SMILES string of the molecule is CNC1CSCc2c(Cl)cc(F)cc21. The maximum atomic E-state index is 13.1. The Morgan fingerprint density at radius 3 is 3.07 bits per heavy atom. The van der Waals surface area contributed by atoms with Crippen LogP contribution in [-0.4, -0.2) is 12.8 Å². The van der Waals surface area contributed by atoms with E-state index in [1.165, 1.54) is 6.07 Å². The van der Waals surface area contributed by atoms with Crippen LogP contribution in [0.5, 0.6) is 0 Å². The van der Waals surface area contributed by atoms with Crippen LogP contribution in [0.2, 0.25) is 5.02 Å². The lowest BCUT2D eigenvalue weighted by Gasteiger charge is -2.25. The summed E-state index contributed by atoms with van der Waals surface area (Å²) in [6.07, 6.45) is 0. The number of fused-ring (bicyclic) bond motifs is 1. The van der Waals surface area contributed by atoms with Crippen LogP contribution in [-0.2, 0) is 5.75 Å². The molecule has 0 aliphatic carbocycles. The highest BCUT2D eigenvalue weighted by Gasteiger charge is 2.21. The van der Waals surface area contributed by atoms with Crippen molar-refractivity contribution in [3.8, 4) is 0 Å². The lowest BCUT2D eigenvalue weighted by molar-refractivity contribution is 0.606. The fraction of sp³-hybridized carbons (Fsp3) is 0.400. The Labute approximate surface area is 92.0 Å². The Morgan fingerprint density at radius 1 is 1.57 bits per heavy atom. The number of thioether (sulfide) groups is 1. The molecule has 4 heteroatoms. The topological polar surface area (TPSA) is 12.0 Å². The Morgan fingerprint density at radius 2 is 2.36 bits per heavy atom. The summed E-state index contributed by atoms with van der Waals surface area (Å²) in [5.74, 6) is 1.61. The van der Waals surface area contributed by atoms with Crippen LogP contribution >= 0.6 is 23.4 Å². The molecule has 1 aromatic rings. The molecule has 0 aromatic heterocycles. The summed E-state index contributed by atoms with van der Waals surface area (Å²) in [7, 11) is 1.89. The lowest BCUT2D eigenvalue weighted by Crippen LogP contribution is -2.23. The van der Waals surface area contributed by atoms with Gasteiger partial charge >= 0.3 is 0 Å². The first-order valence-electron chi connectivity index (χ1n) is 4.45. The van der Waals surface area contributed by atoms with Crippen molar-refractivity contribution in [2.24, 2.45) is 0 Å². The second-order valence-corrected chi connectivity index (χ2v) is 4.75.